The quantitative estimate of drug-likeness (QED) is 0.159. The molecule has 0 radical (unpaired) electrons. The van der Waals surface area contributed by atoms with Gasteiger partial charge in [0.2, 0.25) is 5.78 Å². The summed E-state index contributed by atoms with van der Waals surface area (Å²) in [5, 5.41) is 19.9. The second-order valence-electron chi connectivity index (χ2n) is 12.4. The van der Waals surface area contributed by atoms with Crippen molar-refractivity contribution in [2.24, 2.45) is 12.5 Å². The van der Waals surface area contributed by atoms with E-state index < -0.39 is 49.4 Å². The summed E-state index contributed by atoms with van der Waals surface area (Å²) in [6.45, 7) is 0.0448. The molecule has 1 unspecified atom stereocenters. The highest BCUT2D eigenvalue weighted by molar-refractivity contribution is 7.98. The van der Waals surface area contributed by atoms with E-state index in [0.717, 1.165) is 0 Å². The number of benzene rings is 1. The van der Waals surface area contributed by atoms with Crippen LogP contribution >= 0.6 is 11.3 Å². The fourth-order valence-corrected chi connectivity index (χ4v) is 9.29. The average molecular weight is 675 g/mol. The van der Waals surface area contributed by atoms with Crippen LogP contribution < -0.4 is 0 Å². The molecule has 3 aliphatic carbocycles. The molecule has 1 aromatic carbocycles. The first kappa shape index (κ1) is 31.0. The first-order valence-corrected chi connectivity index (χ1v) is 17.2. The van der Waals surface area contributed by atoms with Gasteiger partial charge in [0.15, 0.2) is 10.0 Å². The Labute approximate surface area is 266 Å². The van der Waals surface area contributed by atoms with Gasteiger partial charge < -0.3 is 5.11 Å². The first-order chi connectivity index (χ1) is 21.7. The lowest BCUT2D eigenvalue weighted by atomic mass is 9.61. The minimum absolute atomic E-state index is 0.0448. The van der Waals surface area contributed by atoms with E-state index in [4.69, 9.17) is 0 Å². The van der Waals surface area contributed by atoms with Crippen molar-refractivity contribution in [2.45, 2.75) is 61.4 Å². The summed E-state index contributed by atoms with van der Waals surface area (Å²) in [5.74, 6) is 3.12. The number of halogens is 4. The Hall–Kier alpha value is -3.66. The van der Waals surface area contributed by atoms with Crippen LogP contribution in [0.3, 0.4) is 0 Å². The smallest absolute Gasteiger partial charge is 0.389 e. The van der Waals surface area contributed by atoms with Crippen molar-refractivity contribution < 1.29 is 31.7 Å². The van der Waals surface area contributed by atoms with Crippen LogP contribution in [0.15, 0.2) is 59.5 Å². The summed E-state index contributed by atoms with van der Waals surface area (Å²) >= 11 is 0.307. The average Bonchev–Trinajstić information content (AvgIpc) is 3.40. The molecule has 242 valence electrons. The predicted molar refractivity (Wildman–Crippen MR) is 164 cm³/mol. The van der Waals surface area contributed by atoms with Crippen molar-refractivity contribution in [1.29, 1.82) is 0 Å². The number of rotatable bonds is 8. The minimum atomic E-state index is -4.66. The second-order valence-corrected chi connectivity index (χ2v) is 15.6. The topological polar surface area (TPSA) is 106 Å². The van der Waals surface area contributed by atoms with E-state index in [9.17, 15) is 31.7 Å². The maximum absolute atomic E-state index is 14.5. The van der Waals surface area contributed by atoms with Crippen LogP contribution in [-0.4, -0.2) is 68.0 Å². The van der Waals surface area contributed by atoms with Gasteiger partial charge >= 0.3 is 6.18 Å². The molecule has 0 bridgehead atoms. The second kappa shape index (κ2) is 10.7. The molecule has 0 amide bonds. The van der Waals surface area contributed by atoms with Crippen LogP contribution in [0.5, 0.6) is 0 Å². The number of aromatic nitrogens is 5. The molecular formula is C31H30F4N6O3S2. The molecule has 3 aromatic heterocycles. The number of thiazole rings is 1. The zero-order chi connectivity index (χ0) is 32.6. The Bertz CT molecular complexity index is 1970. The highest BCUT2D eigenvalue weighted by Gasteiger charge is 2.54. The molecule has 2 fully saturated rings. The number of allylic oxidation sites excluding steroid dienone is 1. The number of aliphatic hydroxyl groups is 1. The van der Waals surface area contributed by atoms with Gasteiger partial charge in [-0.15, -0.1) is 11.3 Å². The van der Waals surface area contributed by atoms with Crippen LogP contribution in [0.1, 0.15) is 58.0 Å². The number of hydrogen-bond donors (Lipinski definition) is 1. The highest BCUT2D eigenvalue weighted by atomic mass is 32.2. The number of alkyl halides is 3. The Balaban J connectivity index is 1.32. The number of nitrogens with zero attached hydrogens (tertiary/aromatic N) is 6. The van der Waals surface area contributed by atoms with Gasteiger partial charge in [0.25, 0.3) is 0 Å². The number of hydrogen-bond acceptors (Lipinski definition) is 7. The van der Waals surface area contributed by atoms with Crippen LogP contribution in [-0.2, 0) is 29.4 Å². The van der Waals surface area contributed by atoms with Gasteiger partial charge in [-0.2, -0.15) is 23.4 Å². The molecule has 0 aliphatic heterocycles. The van der Waals surface area contributed by atoms with E-state index in [-0.39, 0.29) is 29.4 Å². The van der Waals surface area contributed by atoms with Crippen LogP contribution in [0.4, 0.5) is 17.6 Å². The number of carbonyl (C=O) groups is 1. The van der Waals surface area contributed by atoms with E-state index in [1.807, 2.05) is 6.08 Å². The number of aryl methyl sites for hydroxylation is 1. The summed E-state index contributed by atoms with van der Waals surface area (Å²) in [6, 6.07) is 6.89. The summed E-state index contributed by atoms with van der Waals surface area (Å²) in [4.78, 5) is 17.5. The Kier molecular flexibility index (Phi) is 7.19. The molecule has 2 saturated carbocycles. The van der Waals surface area contributed by atoms with E-state index >= 15 is 0 Å². The standard InChI is InChI=1S/C31H30F4N6O3S2/c1-39-12-9-26(38-39)46(2,44)40(18-29(43)10-11-29)23-6-3-20-13-24-19(16-37-41(24)22-7-4-21(32)5-8-22)14-30(20,15-23)27(42)28-36-17-25(45-28)31(33,34)35/h4-5,7-9,12-13,16-17,23,43H,2-3,6,10-11,14-15,18H2,1H3/t23-,30-,46?/m0/s1. The largest absolute Gasteiger partial charge is 0.427 e. The first-order valence-electron chi connectivity index (χ1n) is 14.7. The SMILES string of the molecule is C=S(=O)(c1ccn(C)n1)N(CC1(O)CC1)[C@H]1CCC2=Cc3c(cnn3-c3ccc(F)cc3)C[C@]2(C(=O)c2ncc(C(F)(F)F)s2)C1. The number of fused-ring (bicyclic) bond motifs is 2. The lowest BCUT2D eigenvalue weighted by Gasteiger charge is -2.47. The van der Waals surface area contributed by atoms with E-state index in [1.54, 1.807) is 46.6 Å². The predicted octanol–water partition coefficient (Wildman–Crippen LogP) is 5.10. The summed E-state index contributed by atoms with van der Waals surface area (Å²) < 4.78 is 73.7. The van der Waals surface area contributed by atoms with Gasteiger partial charge in [-0.1, -0.05) is 5.57 Å². The molecule has 9 nitrogen and oxygen atoms in total. The maximum Gasteiger partial charge on any atom is 0.427 e. The fraction of sp³-hybridized carbons (Fsp3) is 0.387. The third kappa shape index (κ3) is 5.32. The van der Waals surface area contributed by atoms with Crippen LogP contribution in [0.2, 0.25) is 0 Å². The normalized spacial score (nSPS) is 23.4. The van der Waals surface area contributed by atoms with Gasteiger partial charge in [-0.05, 0) is 86.4 Å². The van der Waals surface area contributed by atoms with Gasteiger partial charge in [-0.3, -0.25) is 9.48 Å². The molecule has 0 saturated heterocycles. The summed E-state index contributed by atoms with van der Waals surface area (Å²) in [6.07, 6.45) is 3.20. The van der Waals surface area contributed by atoms with E-state index in [1.165, 1.54) is 16.8 Å². The summed E-state index contributed by atoms with van der Waals surface area (Å²) in [5.41, 5.74) is 0.302. The van der Waals surface area contributed by atoms with E-state index in [2.05, 4.69) is 21.1 Å². The van der Waals surface area contributed by atoms with Gasteiger partial charge in [0, 0.05) is 25.8 Å². The lowest BCUT2D eigenvalue weighted by molar-refractivity contribution is -0.134. The lowest BCUT2D eigenvalue weighted by Crippen LogP contribution is -2.52. The van der Waals surface area contributed by atoms with Crippen molar-refractivity contribution in [1.82, 2.24) is 28.9 Å². The number of carbonyl (C=O) groups excluding carboxylic acids is 1. The fourth-order valence-electron chi connectivity index (χ4n) is 6.58. The zero-order valence-corrected chi connectivity index (χ0v) is 26.3. The van der Waals surface area contributed by atoms with Gasteiger partial charge in [-0.25, -0.2) is 22.6 Å². The van der Waals surface area contributed by atoms with Gasteiger partial charge in [0.05, 0.1) is 44.5 Å². The van der Waals surface area contributed by atoms with Crippen molar-refractivity contribution in [3.63, 3.8) is 0 Å². The number of Topliss-reactive ketones (excluding diaryl/α,β-unsaturated/α-hetero) is 1. The molecule has 46 heavy (non-hydrogen) atoms. The zero-order valence-electron chi connectivity index (χ0n) is 24.7. The highest BCUT2D eigenvalue weighted by Crippen LogP contribution is 2.53. The van der Waals surface area contributed by atoms with Crippen molar-refractivity contribution in [3.05, 3.63) is 81.5 Å². The van der Waals surface area contributed by atoms with Gasteiger partial charge in [0.1, 0.15) is 10.7 Å². The molecule has 1 N–H and O–H groups in total. The third-order valence-corrected chi connectivity index (χ3v) is 12.3. The Morgan fingerprint density at radius 3 is 2.59 bits per heavy atom. The molecule has 4 aromatic rings. The molecule has 0 spiro atoms. The third-order valence-electron chi connectivity index (χ3n) is 9.20. The minimum Gasteiger partial charge on any atom is -0.389 e. The van der Waals surface area contributed by atoms with Crippen molar-refractivity contribution >= 4 is 38.8 Å². The molecule has 3 aliphatic rings. The molecule has 3 atom stereocenters. The molecule has 3 heterocycles. The van der Waals surface area contributed by atoms with Crippen LogP contribution in [0.25, 0.3) is 11.8 Å². The Morgan fingerprint density at radius 2 is 1.96 bits per heavy atom. The number of ketones is 1. The van der Waals surface area contributed by atoms with Crippen LogP contribution in [0, 0.1) is 11.2 Å². The monoisotopic (exact) mass is 674 g/mol. The molecular weight excluding hydrogens is 645 g/mol. The summed E-state index contributed by atoms with van der Waals surface area (Å²) in [7, 11) is -1.54. The van der Waals surface area contributed by atoms with Crippen molar-refractivity contribution in [2.75, 3.05) is 6.54 Å². The Morgan fingerprint density at radius 1 is 1.22 bits per heavy atom. The maximum atomic E-state index is 14.5. The molecule has 7 rings (SSSR count). The van der Waals surface area contributed by atoms with Crippen molar-refractivity contribution in [3.8, 4) is 5.69 Å². The van der Waals surface area contributed by atoms with E-state index in [0.29, 0.717) is 65.7 Å². The molecule has 15 heteroatoms.